The summed E-state index contributed by atoms with van der Waals surface area (Å²) in [7, 11) is 0. The number of nitrogens with one attached hydrogen (secondary N) is 2. The molecule has 1 saturated heterocycles. The van der Waals surface area contributed by atoms with Gasteiger partial charge in [-0.2, -0.15) is 0 Å². The van der Waals surface area contributed by atoms with Crippen LogP contribution in [0.3, 0.4) is 0 Å². The predicted molar refractivity (Wildman–Crippen MR) is 97.5 cm³/mol. The number of benzene rings is 1. The molecule has 0 saturated carbocycles. The SMILES string of the molecule is O=C(NCc1cccnc1)Nc1ccc(CCN2CCOCC2)cc1. The number of hydrogen-bond donors (Lipinski definition) is 2. The summed E-state index contributed by atoms with van der Waals surface area (Å²) in [5, 5.41) is 5.67. The molecule has 0 bridgehead atoms. The zero-order valence-corrected chi connectivity index (χ0v) is 14.3. The van der Waals surface area contributed by atoms with Crippen LogP contribution < -0.4 is 10.6 Å². The maximum atomic E-state index is 11.9. The number of carbonyl (C=O) groups is 1. The average molecular weight is 340 g/mol. The highest BCUT2D eigenvalue weighted by atomic mass is 16.5. The summed E-state index contributed by atoms with van der Waals surface area (Å²) >= 11 is 0. The normalized spacial score (nSPS) is 14.9. The fourth-order valence-corrected chi connectivity index (χ4v) is 2.73. The minimum atomic E-state index is -0.218. The highest BCUT2D eigenvalue weighted by Gasteiger charge is 2.09. The largest absolute Gasteiger partial charge is 0.379 e. The summed E-state index contributed by atoms with van der Waals surface area (Å²) in [6, 6.07) is 11.6. The molecule has 6 nitrogen and oxygen atoms in total. The lowest BCUT2D eigenvalue weighted by molar-refractivity contribution is 0.0384. The highest BCUT2D eigenvalue weighted by molar-refractivity contribution is 5.89. The molecule has 1 aliphatic rings. The lowest BCUT2D eigenvalue weighted by atomic mass is 10.1. The number of anilines is 1. The molecule has 1 aromatic heterocycles. The van der Waals surface area contributed by atoms with Crippen molar-refractivity contribution in [2.75, 3.05) is 38.2 Å². The highest BCUT2D eigenvalue weighted by Crippen LogP contribution is 2.11. The van der Waals surface area contributed by atoms with Crippen molar-refractivity contribution in [1.29, 1.82) is 0 Å². The molecule has 0 aliphatic carbocycles. The first-order chi connectivity index (χ1) is 12.3. The summed E-state index contributed by atoms with van der Waals surface area (Å²) in [6.45, 7) is 5.18. The van der Waals surface area contributed by atoms with E-state index in [1.807, 2.05) is 24.3 Å². The number of urea groups is 1. The van der Waals surface area contributed by atoms with Crippen molar-refractivity contribution in [3.63, 3.8) is 0 Å². The van der Waals surface area contributed by atoms with Gasteiger partial charge in [0.1, 0.15) is 0 Å². The van der Waals surface area contributed by atoms with Crippen LogP contribution in [0.15, 0.2) is 48.8 Å². The molecule has 0 spiro atoms. The van der Waals surface area contributed by atoms with E-state index in [4.69, 9.17) is 4.74 Å². The van der Waals surface area contributed by atoms with Crippen LogP contribution in [0.2, 0.25) is 0 Å². The fraction of sp³-hybridized carbons (Fsp3) is 0.368. The molecule has 0 atom stereocenters. The first kappa shape index (κ1) is 17.4. The number of morpholine rings is 1. The molecule has 0 unspecified atom stereocenters. The van der Waals surface area contributed by atoms with E-state index in [9.17, 15) is 4.79 Å². The number of aromatic nitrogens is 1. The van der Waals surface area contributed by atoms with E-state index in [-0.39, 0.29) is 6.03 Å². The van der Waals surface area contributed by atoms with Crippen molar-refractivity contribution in [2.24, 2.45) is 0 Å². The van der Waals surface area contributed by atoms with Crippen LogP contribution >= 0.6 is 0 Å². The van der Waals surface area contributed by atoms with Gasteiger partial charge in [-0.3, -0.25) is 9.88 Å². The Morgan fingerprint density at radius 1 is 1.12 bits per heavy atom. The second kappa shape index (κ2) is 9.15. The smallest absolute Gasteiger partial charge is 0.319 e. The Labute approximate surface area is 148 Å². The van der Waals surface area contributed by atoms with Gasteiger partial charge in [0, 0.05) is 44.3 Å². The minimum Gasteiger partial charge on any atom is -0.379 e. The number of amides is 2. The molecule has 0 radical (unpaired) electrons. The van der Waals surface area contributed by atoms with Gasteiger partial charge in [0.05, 0.1) is 13.2 Å². The van der Waals surface area contributed by atoms with Gasteiger partial charge < -0.3 is 15.4 Å². The number of rotatable bonds is 6. The summed E-state index contributed by atoms with van der Waals surface area (Å²) in [5.41, 5.74) is 3.03. The van der Waals surface area contributed by atoms with Crippen molar-refractivity contribution in [1.82, 2.24) is 15.2 Å². The van der Waals surface area contributed by atoms with Crippen molar-refractivity contribution in [2.45, 2.75) is 13.0 Å². The third-order valence-corrected chi connectivity index (χ3v) is 4.21. The first-order valence-corrected chi connectivity index (χ1v) is 8.62. The van der Waals surface area contributed by atoms with E-state index in [2.05, 4.69) is 32.7 Å². The van der Waals surface area contributed by atoms with Crippen LogP contribution in [0.1, 0.15) is 11.1 Å². The molecule has 25 heavy (non-hydrogen) atoms. The Hall–Kier alpha value is -2.44. The van der Waals surface area contributed by atoms with E-state index < -0.39 is 0 Å². The maximum absolute atomic E-state index is 11.9. The third-order valence-electron chi connectivity index (χ3n) is 4.21. The van der Waals surface area contributed by atoms with Gasteiger partial charge in [-0.05, 0) is 35.7 Å². The van der Waals surface area contributed by atoms with Crippen molar-refractivity contribution in [3.05, 3.63) is 59.9 Å². The molecule has 132 valence electrons. The molecular formula is C19H24N4O2. The van der Waals surface area contributed by atoms with Crippen LogP contribution in [0.4, 0.5) is 10.5 Å². The van der Waals surface area contributed by atoms with Crippen LogP contribution in [-0.2, 0) is 17.7 Å². The van der Waals surface area contributed by atoms with Gasteiger partial charge in [-0.1, -0.05) is 18.2 Å². The molecule has 6 heteroatoms. The molecule has 3 rings (SSSR count). The van der Waals surface area contributed by atoms with Crippen LogP contribution in [0.25, 0.3) is 0 Å². The van der Waals surface area contributed by atoms with E-state index in [0.717, 1.165) is 50.5 Å². The summed E-state index contributed by atoms with van der Waals surface area (Å²) in [5.74, 6) is 0. The fourth-order valence-electron chi connectivity index (χ4n) is 2.73. The van der Waals surface area contributed by atoms with Gasteiger partial charge in [0.25, 0.3) is 0 Å². The van der Waals surface area contributed by atoms with Gasteiger partial charge in [-0.15, -0.1) is 0 Å². The van der Waals surface area contributed by atoms with Crippen molar-refractivity contribution >= 4 is 11.7 Å². The van der Waals surface area contributed by atoms with Crippen LogP contribution in [-0.4, -0.2) is 48.8 Å². The number of hydrogen-bond acceptors (Lipinski definition) is 4. The quantitative estimate of drug-likeness (QED) is 0.847. The van der Waals surface area contributed by atoms with E-state index >= 15 is 0 Å². The number of nitrogens with zero attached hydrogens (tertiary/aromatic N) is 2. The third kappa shape index (κ3) is 5.85. The van der Waals surface area contributed by atoms with Crippen molar-refractivity contribution in [3.8, 4) is 0 Å². The topological polar surface area (TPSA) is 66.5 Å². The predicted octanol–water partition coefficient (Wildman–Crippen LogP) is 2.28. The Bertz CT molecular complexity index is 655. The van der Waals surface area contributed by atoms with Crippen molar-refractivity contribution < 1.29 is 9.53 Å². The summed E-state index contributed by atoms with van der Waals surface area (Å²) < 4.78 is 5.36. The Morgan fingerprint density at radius 2 is 1.92 bits per heavy atom. The van der Waals surface area contributed by atoms with E-state index in [1.54, 1.807) is 12.4 Å². The first-order valence-electron chi connectivity index (χ1n) is 8.62. The molecule has 2 amide bonds. The Kier molecular flexibility index (Phi) is 6.36. The summed E-state index contributed by atoms with van der Waals surface area (Å²) in [4.78, 5) is 18.4. The van der Waals surface area contributed by atoms with E-state index in [0.29, 0.717) is 6.54 Å². The molecular weight excluding hydrogens is 316 g/mol. The van der Waals surface area contributed by atoms with Gasteiger partial charge in [-0.25, -0.2) is 4.79 Å². The number of ether oxygens (including phenoxy) is 1. The molecule has 1 fully saturated rings. The second-order valence-corrected chi connectivity index (χ2v) is 6.07. The Balaban J connectivity index is 1.41. The second-order valence-electron chi connectivity index (χ2n) is 6.07. The monoisotopic (exact) mass is 340 g/mol. The molecule has 2 N–H and O–H groups in total. The van der Waals surface area contributed by atoms with E-state index in [1.165, 1.54) is 5.56 Å². The van der Waals surface area contributed by atoms with Gasteiger partial charge in [0.2, 0.25) is 0 Å². The lowest BCUT2D eigenvalue weighted by Crippen LogP contribution is -2.37. The number of pyridine rings is 1. The zero-order valence-electron chi connectivity index (χ0n) is 14.3. The molecule has 2 heterocycles. The summed E-state index contributed by atoms with van der Waals surface area (Å²) in [6.07, 6.45) is 4.46. The Morgan fingerprint density at radius 3 is 2.64 bits per heavy atom. The maximum Gasteiger partial charge on any atom is 0.319 e. The lowest BCUT2D eigenvalue weighted by Gasteiger charge is -2.26. The number of carbonyl (C=O) groups excluding carboxylic acids is 1. The van der Waals surface area contributed by atoms with Gasteiger partial charge >= 0.3 is 6.03 Å². The van der Waals surface area contributed by atoms with Crippen LogP contribution in [0.5, 0.6) is 0 Å². The van der Waals surface area contributed by atoms with Crippen LogP contribution in [0, 0.1) is 0 Å². The minimum absolute atomic E-state index is 0.218. The molecule has 2 aromatic rings. The zero-order chi connectivity index (χ0) is 17.3. The standard InChI is InChI=1S/C19H24N4O2/c24-19(21-15-17-2-1-8-20-14-17)22-18-5-3-16(4-6-18)7-9-23-10-12-25-13-11-23/h1-6,8,14H,7,9-13,15H2,(H2,21,22,24). The average Bonchev–Trinajstić information content (AvgIpc) is 2.67. The van der Waals surface area contributed by atoms with Gasteiger partial charge in [0.15, 0.2) is 0 Å². The molecule has 1 aromatic carbocycles. The molecule has 1 aliphatic heterocycles.